The van der Waals surface area contributed by atoms with Gasteiger partial charge in [0.15, 0.2) is 5.65 Å². The average molecular weight is 275 g/mol. The minimum absolute atomic E-state index is 0.526. The Bertz CT molecular complexity index is 611. The molecule has 2 atom stereocenters. The summed E-state index contributed by atoms with van der Waals surface area (Å²) < 4.78 is 1.72. The Hall–Kier alpha value is -1.69. The number of aliphatic hydroxyl groups is 1. The molecule has 2 aromatic heterocycles. The summed E-state index contributed by atoms with van der Waals surface area (Å²) in [6, 6.07) is 0. The van der Waals surface area contributed by atoms with Gasteiger partial charge in [0, 0.05) is 13.6 Å². The second-order valence-electron chi connectivity index (χ2n) is 6.01. The number of rotatable bonds is 3. The van der Waals surface area contributed by atoms with Crippen LogP contribution >= 0.6 is 0 Å². The van der Waals surface area contributed by atoms with Crippen LogP contribution in [0.5, 0.6) is 0 Å². The topological polar surface area (TPSA) is 75.9 Å². The first-order valence-electron chi connectivity index (χ1n) is 7.16. The highest BCUT2D eigenvalue weighted by Crippen LogP contribution is 2.32. The predicted molar refractivity (Wildman–Crippen MR) is 77.4 cm³/mol. The quantitative estimate of drug-likeness (QED) is 0.892. The van der Waals surface area contributed by atoms with E-state index in [2.05, 4.69) is 27.3 Å². The molecule has 0 spiro atoms. The second-order valence-corrected chi connectivity index (χ2v) is 6.01. The monoisotopic (exact) mass is 275 g/mol. The summed E-state index contributed by atoms with van der Waals surface area (Å²) in [6.07, 6.45) is 7.28. The van der Waals surface area contributed by atoms with Crippen LogP contribution in [-0.2, 0) is 7.05 Å². The lowest BCUT2D eigenvalue weighted by atomic mass is 9.79. The van der Waals surface area contributed by atoms with E-state index < -0.39 is 5.60 Å². The van der Waals surface area contributed by atoms with Crippen molar-refractivity contribution in [2.75, 3.05) is 11.9 Å². The van der Waals surface area contributed by atoms with Gasteiger partial charge in [-0.15, -0.1) is 0 Å². The highest BCUT2D eigenvalue weighted by Gasteiger charge is 2.32. The molecule has 0 aromatic carbocycles. The van der Waals surface area contributed by atoms with Gasteiger partial charge in [0.2, 0.25) is 0 Å². The van der Waals surface area contributed by atoms with Crippen molar-refractivity contribution in [1.82, 2.24) is 19.7 Å². The van der Waals surface area contributed by atoms with E-state index in [9.17, 15) is 5.11 Å². The van der Waals surface area contributed by atoms with Gasteiger partial charge in [0.05, 0.1) is 17.2 Å². The van der Waals surface area contributed by atoms with E-state index >= 15 is 0 Å². The van der Waals surface area contributed by atoms with Crippen LogP contribution < -0.4 is 5.32 Å². The highest BCUT2D eigenvalue weighted by atomic mass is 16.3. The zero-order valence-electron chi connectivity index (χ0n) is 12.0. The van der Waals surface area contributed by atoms with Crippen molar-refractivity contribution in [2.45, 2.75) is 38.2 Å². The first kappa shape index (κ1) is 13.3. The van der Waals surface area contributed by atoms with Gasteiger partial charge in [-0.3, -0.25) is 4.68 Å². The van der Waals surface area contributed by atoms with Crippen LogP contribution in [0.15, 0.2) is 12.5 Å². The molecule has 6 nitrogen and oxygen atoms in total. The zero-order chi connectivity index (χ0) is 14.2. The smallest absolute Gasteiger partial charge is 0.163 e. The number of aromatic nitrogens is 4. The fourth-order valence-electron chi connectivity index (χ4n) is 3.14. The molecule has 0 bridgehead atoms. The molecular weight excluding hydrogens is 254 g/mol. The SMILES string of the molecule is CC1CCCC(O)(CNc2ncnc3c2cnn3C)C1. The lowest BCUT2D eigenvalue weighted by molar-refractivity contribution is -0.000802. The molecule has 0 saturated heterocycles. The van der Waals surface area contributed by atoms with E-state index in [0.717, 1.165) is 36.1 Å². The van der Waals surface area contributed by atoms with Crippen molar-refractivity contribution in [3.05, 3.63) is 12.5 Å². The Kier molecular flexibility index (Phi) is 3.33. The summed E-state index contributed by atoms with van der Waals surface area (Å²) in [5.74, 6) is 1.33. The molecule has 1 aliphatic carbocycles. The maximum Gasteiger partial charge on any atom is 0.163 e. The van der Waals surface area contributed by atoms with Gasteiger partial charge in [0.1, 0.15) is 12.1 Å². The number of nitrogens with zero attached hydrogens (tertiary/aromatic N) is 4. The second kappa shape index (κ2) is 5.01. The Morgan fingerprint density at radius 1 is 1.50 bits per heavy atom. The Balaban J connectivity index is 1.77. The molecule has 2 aromatic rings. The Labute approximate surface area is 118 Å². The van der Waals surface area contributed by atoms with Crippen molar-refractivity contribution in [2.24, 2.45) is 13.0 Å². The molecule has 3 rings (SSSR count). The number of fused-ring (bicyclic) bond motifs is 1. The van der Waals surface area contributed by atoms with Gasteiger partial charge < -0.3 is 10.4 Å². The summed E-state index contributed by atoms with van der Waals surface area (Å²) in [6.45, 7) is 2.73. The first-order valence-corrected chi connectivity index (χ1v) is 7.16. The summed E-state index contributed by atoms with van der Waals surface area (Å²) in [5.41, 5.74) is 0.170. The lowest BCUT2D eigenvalue weighted by Crippen LogP contribution is -2.41. The summed E-state index contributed by atoms with van der Waals surface area (Å²) in [4.78, 5) is 8.48. The molecule has 2 unspecified atom stereocenters. The molecule has 0 amide bonds. The van der Waals surface area contributed by atoms with Gasteiger partial charge in [-0.2, -0.15) is 5.10 Å². The Morgan fingerprint density at radius 3 is 3.15 bits per heavy atom. The van der Waals surface area contributed by atoms with Gasteiger partial charge in [-0.25, -0.2) is 9.97 Å². The molecule has 0 aliphatic heterocycles. The number of hydrogen-bond acceptors (Lipinski definition) is 5. The third kappa shape index (κ3) is 2.47. The maximum atomic E-state index is 10.7. The highest BCUT2D eigenvalue weighted by molar-refractivity contribution is 5.85. The summed E-state index contributed by atoms with van der Waals surface area (Å²) in [7, 11) is 1.86. The van der Waals surface area contributed by atoms with Crippen molar-refractivity contribution in [1.29, 1.82) is 0 Å². The van der Waals surface area contributed by atoms with Gasteiger partial charge in [0.25, 0.3) is 0 Å². The molecule has 2 N–H and O–H groups in total. The summed E-state index contributed by atoms with van der Waals surface area (Å²) >= 11 is 0. The minimum atomic E-state index is -0.628. The normalized spacial score (nSPS) is 26.9. The van der Waals surface area contributed by atoms with E-state index in [1.54, 1.807) is 10.9 Å². The Morgan fingerprint density at radius 2 is 2.35 bits per heavy atom. The average Bonchev–Trinajstić information content (AvgIpc) is 2.79. The third-order valence-electron chi connectivity index (χ3n) is 4.18. The molecule has 1 aliphatic rings. The molecule has 20 heavy (non-hydrogen) atoms. The maximum absolute atomic E-state index is 10.7. The van der Waals surface area contributed by atoms with Gasteiger partial charge in [-0.1, -0.05) is 19.8 Å². The number of anilines is 1. The van der Waals surface area contributed by atoms with E-state index in [0.29, 0.717) is 12.5 Å². The largest absolute Gasteiger partial charge is 0.388 e. The van der Waals surface area contributed by atoms with Crippen LogP contribution in [0.4, 0.5) is 5.82 Å². The van der Waals surface area contributed by atoms with Crippen molar-refractivity contribution in [3.63, 3.8) is 0 Å². The minimum Gasteiger partial charge on any atom is -0.388 e. The molecule has 6 heteroatoms. The van der Waals surface area contributed by atoms with Crippen molar-refractivity contribution in [3.8, 4) is 0 Å². The molecular formula is C14H21N5O. The van der Waals surface area contributed by atoms with Crippen molar-refractivity contribution < 1.29 is 5.11 Å². The number of hydrogen-bond donors (Lipinski definition) is 2. The molecule has 2 heterocycles. The summed E-state index contributed by atoms with van der Waals surface area (Å²) in [5, 5.41) is 19.0. The van der Waals surface area contributed by atoms with E-state index in [-0.39, 0.29) is 0 Å². The third-order valence-corrected chi connectivity index (χ3v) is 4.18. The van der Waals surface area contributed by atoms with E-state index in [4.69, 9.17) is 0 Å². The predicted octanol–water partition coefficient (Wildman–Crippen LogP) is 1.72. The number of nitrogens with one attached hydrogen (secondary N) is 1. The number of aryl methyl sites for hydroxylation is 1. The van der Waals surface area contributed by atoms with Crippen LogP contribution in [0.25, 0.3) is 11.0 Å². The molecule has 1 fully saturated rings. The first-order chi connectivity index (χ1) is 9.57. The molecule has 1 saturated carbocycles. The van der Waals surface area contributed by atoms with Gasteiger partial charge in [-0.05, 0) is 18.8 Å². The zero-order valence-corrected chi connectivity index (χ0v) is 12.0. The van der Waals surface area contributed by atoms with E-state index in [1.165, 1.54) is 12.7 Å². The van der Waals surface area contributed by atoms with Crippen LogP contribution in [-0.4, -0.2) is 37.0 Å². The van der Waals surface area contributed by atoms with Crippen LogP contribution in [0.2, 0.25) is 0 Å². The fraction of sp³-hybridized carbons (Fsp3) is 0.643. The molecule has 0 radical (unpaired) electrons. The van der Waals surface area contributed by atoms with Crippen LogP contribution in [0, 0.1) is 5.92 Å². The standard InChI is InChI=1S/C14H21N5O/c1-10-4-3-5-14(20,6-10)8-15-12-11-7-18-19(2)13(11)17-9-16-12/h7,9-10,20H,3-6,8H2,1-2H3,(H,15,16,17). The lowest BCUT2D eigenvalue weighted by Gasteiger charge is -2.35. The van der Waals surface area contributed by atoms with Crippen LogP contribution in [0.3, 0.4) is 0 Å². The van der Waals surface area contributed by atoms with E-state index in [1.807, 2.05) is 7.05 Å². The van der Waals surface area contributed by atoms with Gasteiger partial charge >= 0.3 is 0 Å². The fourth-order valence-corrected chi connectivity index (χ4v) is 3.14. The molecule has 108 valence electrons. The van der Waals surface area contributed by atoms with Crippen LogP contribution in [0.1, 0.15) is 32.6 Å². The van der Waals surface area contributed by atoms with Crippen molar-refractivity contribution >= 4 is 16.9 Å².